The van der Waals surface area contributed by atoms with E-state index in [4.69, 9.17) is 4.55 Å². The van der Waals surface area contributed by atoms with Gasteiger partial charge in [-0.1, -0.05) is 6.92 Å². The van der Waals surface area contributed by atoms with Crippen molar-refractivity contribution in [3.05, 3.63) is 0 Å². The van der Waals surface area contributed by atoms with E-state index in [2.05, 4.69) is 16.4 Å². The van der Waals surface area contributed by atoms with Crippen molar-refractivity contribution in [3.63, 3.8) is 0 Å². The maximum atomic E-state index is 9.33. The van der Waals surface area contributed by atoms with Crippen molar-refractivity contribution in [1.29, 1.82) is 0 Å². The third-order valence-electron chi connectivity index (χ3n) is 0.711. The predicted octanol–water partition coefficient (Wildman–Crippen LogP) is 0.0514. The summed E-state index contributed by atoms with van der Waals surface area (Å²) >= 11 is 0. The molecule has 0 bridgehead atoms. The van der Waals surface area contributed by atoms with Crippen LogP contribution in [0.1, 0.15) is 13.3 Å². The van der Waals surface area contributed by atoms with Gasteiger partial charge in [-0.15, -0.1) is 0 Å². The lowest BCUT2D eigenvalue weighted by Gasteiger charge is -1.84. The van der Waals surface area contributed by atoms with Gasteiger partial charge in [0.2, 0.25) is 0 Å². The Morgan fingerprint density at radius 1 is 1.55 bits per heavy atom. The number of hydrogen-bond acceptors (Lipinski definition) is 4. The molecule has 0 aliphatic carbocycles. The minimum Gasteiger partial charge on any atom is -0.320 e. The second kappa shape index (κ2) is 7.93. The minimum atomic E-state index is -4.16. The Morgan fingerprint density at radius 3 is 1.91 bits per heavy atom. The van der Waals surface area contributed by atoms with Gasteiger partial charge in [-0.25, -0.2) is 0 Å². The normalized spacial score (nSPS) is 10.2. The molecular weight excluding hydrogens is 170 g/mol. The molecule has 0 amide bonds. The summed E-state index contributed by atoms with van der Waals surface area (Å²) < 4.78 is 29.7. The van der Waals surface area contributed by atoms with Crippen molar-refractivity contribution < 1.29 is 17.2 Å². The molecule has 0 aromatic carbocycles. The van der Waals surface area contributed by atoms with Gasteiger partial charge in [0.25, 0.3) is 0 Å². The van der Waals surface area contributed by atoms with Crippen LogP contribution in [-0.4, -0.2) is 33.7 Å². The zero-order chi connectivity index (χ0) is 9.33. The molecule has 0 saturated heterocycles. The molecule has 0 radical (unpaired) electrons. The zero-order valence-corrected chi connectivity index (χ0v) is 7.81. The van der Waals surface area contributed by atoms with Crippen molar-refractivity contribution in [1.82, 2.24) is 5.32 Å². The van der Waals surface area contributed by atoms with Gasteiger partial charge in [0.15, 0.2) is 0 Å². The van der Waals surface area contributed by atoms with E-state index in [1.165, 1.54) is 6.42 Å². The monoisotopic (exact) mass is 185 g/mol. The highest BCUT2D eigenvalue weighted by atomic mass is 32.3. The average molecular weight is 185 g/mol. The molecule has 0 rings (SSSR count). The fourth-order valence-electron chi connectivity index (χ4n) is 0.250. The van der Waals surface area contributed by atoms with Crippen LogP contribution in [0.2, 0.25) is 0 Å². The van der Waals surface area contributed by atoms with Crippen molar-refractivity contribution in [3.8, 4) is 0 Å². The standard InChI is InChI=1S/C4H11N.CH4O4S/c1-3-4-5-2;1-5-6(2,3)4/h5H,3-4H2,1-2H3;1H3,(H,2,3,4). The molecule has 6 heteroatoms. The smallest absolute Gasteiger partial charge is 0.320 e. The second-order valence-corrected chi connectivity index (χ2v) is 2.89. The van der Waals surface area contributed by atoms with Gasteiger partial charge >= 0.3 is 10.4 Å². The maximum Gasteiger partial charge on any atom is 0.397 e. The highest BCUT2D eigenvalue weighted by Crippen LogP contribution is 1.74. The quantitative estimate of drug-likeness (QED) is 0.608. The zero-order valence-electron chi connectivity index (χ0n) is 6.99. The second-order valence-electron chi connectivity index (χ2n) is 1.70. The lowest BCUT2D eigenvalue weighted by atomic mass is 10.5. The van der Waals surface area contributed by atoms with Crippen LogP contribution >= 0.6 is 0 Å². The van der Waals surface area contributed by atoms with E-state index in [0.29, 0.717) is 0 Å². The van der Waals surface area contributed by atoms with Crippen LogP contribution in [0, 0.1) is 0 Å². The molecule has 0 unspecified atom stereocenters. The summed E-state index contributed by atoms with van der Waals surface area (Å²) in [5.74, 6) is 0. The molecule has 0 aliphatic heterocycles. The summed E-state index contributed by atoms with van der Waals surface area (Å²) in [6.07, 6.45) is 1.23. The largest absolute Gasteiger partial charge is 0.397 e. The molecule has 0 saturated carbocycles. The predicted molar refractivity (Wildman–Crippen MR) is 42.8 cm³/mol. The van der Waals surface area contributed by atoms with Gasteiger partial charge < -0.3 is 5.32 Å². The van der Waals surface area contributed by atoms with Gasteiger partial charge in [-0.3, -0.25) is 8.74 Å². The van der Waals surface area contributed by atoms with Crippen LogP contribution in [0.15, 0.2) is 0 Å². The van der Waals surface area contributed by atoms with Crippen molar-refractivity contribution in [2.24, 2.45) is 0 Å². The van der Waals surface area contributed by atoms with Crippen molar-refractivity contribution >= 4 is 10.4 Å². The van der Waals surface area contributed by atoms with Gasteiger partial charge in [-0.05, 0) is 20.0 Å². The van der Waals surface area contributed by atoms with Crippen molar-refractivity contribution in [2.75, 3.05) is 20.7 Å². The molecule has 0 aromatic rings. The summed E-state index contributed by atoms with van der Waals surface area (Å²) in [4.78, 5) is 0. The van der Waals surface area contributed by atoms with Crippen LogP contribution in [0.5, 0.6) is 0 Å². The van der Waals surface area contributed by atoms with E-state index in [-0.39, 0.29) is 0 Å². The lowest BCUT2D eigenvalue weighted by molar-refractivity contribution is 0.324. The average Bonchev–Trinajstić information content (AvgIpc) is 1.90. The summed E-state index contributed by atoms with van der Waals surface area (Å²) in [6, 6.07) is 0. The molecule has 70 valence electrons. The first-order valence-electron chi connectivity index (χ1n) is 3.15. The summed E-state index contributed by atoms with van der Waals surface area (Å²) in [7, 11) is -1.33. The molecule has 5 nitrogen and oxygen atoms in total. The topological polar surface area (TPSA) is 75.6 Å². The van der Waals surface area contributed by atoms with Gasteiger partial charge in [-0.2, -0.15) is 8.42 Å². The Morgan fingerprint density at radius 2 is 1.91 bits per heavy atom. The van der Waals surface area contributed by atoms with E-state index in [1.807, 2.05) is 7.05 Å². The molecule has 11 heavy (non-hydrogen) atoms. The van der Waals surface area contributed by atoms with Crippen LogP contribution in [-0.2, 0) is 14.6 Å². The van der Waals surface area contributed by atoms with E-state index < -0.39 is 10.4 Å². The molecule has 0 heterocycles. The lowest BCUT2D eigenvalue weighted by Crippen LogP contribution is -2.04. The first-order valence-corrected chi connectivity index (χ1v) is 4.52. The molecule has 0 atom stereocenters. The van der Waals surface area contributed by atoms with Gasteiger partial charge in [0, 0.05) is 0 Å². The van der Waals surface area contributed by atoms with Crippen LogP contribution in [0.3, 0.4) is 0 Å². The summed E-state index contributed by atoms with van der Waals surface area (Å²) in [6.45, 7) is 3.29. The van der Waals surface area contributed by atoms with E-state index in [9.17, 15) is 8.42 Å². The van der Waals surface area contributed by atoms with Crippen LogP contribution in [0.4, 0.5) is 0 Å². The third-order valence-corrected chi connectivity index (χ3v) is 1.13. The Bertz CT molecular complexity index is 152. The van der Waals surface area contributed by atoms with Crippen molar-refractivity contribution in [2.45, 2.75) is 13.3 Å². The highest BCUT2D eigenvalue weighted by Gasteiger charge is 1.93. The fraction of sp³-hybridized carbons (Fsp3) is 1.00. The molecule has 0 aliphatic rings. The Kier molecular flexibility index (Phi) is 9.68. The Balaban J connectivity index is 0. The number of nitrogens with one attached hydrogen (secondary N) is 1. The molecule has 0 spiro atoms. The Labute approximate surface area is 67.7 Å². The SMILES string of the molecule is CCCNC.COS(=O)(=O)O. The molecular formula is C5H15NO4S. The highest BCUT2D eigenvalue weighted by molar-refractivity contribution is 7.80. The maximum absolute atomic E-state index is 9.33. The van der Waals surface area contributed by atoms with Gasteiger partial charge in [0.1, 0.15) is 0 Å². The first-order chi connectivity index (χ1) is 4.97. The first kappa shape index (κ1) is 13.4. The minimum absolute atomic E-state index is 0.870. The third kappa shape index (κ3) is 25.8. The fourth-order valence-corrected chi connectivity index (χ4v) is 0.250. The van der Waals surface area contributed by atoms with Crippen LogP contribution in [0.25, 0.3) is 0 Å². The Hall–Kier alpha value is -0.170. The van der Waals surface area contributed by atoms with E-state index in [0.717, 1.165) is 13.7 Å². The molecule has 0 fully saturated rings. The summed E-state index contributed by atoms with van der Waals surface area (Å²) in [5.41, 5.74) is 0. The van der Waals surface area contributed by atoms with Crippen LogP contribution < -0.4 is 5.32 Å². The molecule has 2 N–H and O–H groups in total. The van der Waals surface area contributed by atoms with E-state index in [1.54, 1.807) is 0 Å². The number of hydrogen-bond donors (Lipinski definition) is 2. The molecule has 0 aromatic heterocycles. The van der Waals surface area contributed by atoms with Gasteiger partial charge in [0.05, 0.1) is 7.11 Å². The number of rotatable bonds is 3. The van der Waals surface area contributed by atoms with E-state index >= 15 is 0 Å². The summed E-state index contributed by atoms with van der Waals surface area (Å²) in [5, 5.41) is 3.02.